The first-order valence-electron chi connectivity index (χ1n) is 10.6. The summed E-state index contributed by atoms with van der Waals surface area (Å²) in [6, 6.07) is 7.56. The molecule has 0 radical (unpaired) electrons. The van der Waals surface area contributed by atoms with Gasteiger partial charge in [0.05, 0.1) is 6.54 Å². The van der Waals surface area contributed by atoms with Crippen molar-refractivity contribution in [3.63, 3.8) is 0 Å². The van der Waals surface area contributed by atoms with Crippen LogP contribution in [-0.2, 0) is 11.3 Å². The van der Waals surface area contributed by atoms with Gasteiger partial charge in [-0.15, -0.1) is 0 Å². The highest BCUT2D eigenvalue weighted by Crippen LogP contribution is 2.11. The lowest BCUT2D eigenvalue weighted by Crippen LogP contribution is -2.39. The third-order valence-corrected chi connectivity index (χ3v) is 4.94. The van der Waals surface area contributed by atoms with E-state index in [-0.39, 0.29) is 5.91 Å². The van der Waals surface area contributed by atoms with Crippen LogP contribution >= 0.6 is 0 Å². The van der Waals surface area contributed by atoms with E-state index < -0.39 is 0 Å². The van der Waals surface area contributed by atoms with Crippen LogP contribution in [0.3, 0.4) is 0 Å². The number of carbonyl (C=O) groups is 2. The molecule has 0 bridgehead atoms. The summed E-state index contributed by atoms with van der Waals surface area (Å²) in [6.07, 6.45) is 4.88. The summed E-state index contributed by atoms with van der Waals surface area (Å²) < 4.78 is 0. The van der Waals surface area contributed by atoms with Crippen molar-refractivity contribution in [1.29, 1.82) is 0 Å². The number of guanidine groups is 1. The Morgan fingerprint density at radius 3 is 2.59 bits per heavy atom. The van der Waals surface area contributed by atoms with Gasteiger partial charge >= 0.3 is 0 Å². The van der Waals surface area contributed by atoms with Gasteiger partial charge in [-0.3, -0.25) is 9.59 Å². The molecule has 2 N–H and O–H groups in total. The Kier molecular flexibility index (Phi) is 9.47. The molecule has 7 nitrogen and oxygen atoms in total. The number of benzene rings is 1. The average Bonchev–Trinajstić information content (AvgIpc) is 2.93. The molecular weight excluding hydrogens is 366 g/mol. The second-order valence-electron chi connectivity index (χ2n) is 7.56. The summed E-state index contributed by atoms with van der Waals surface area (Å²) in [5, 5.41) is 6.60. The lowest BCUT2D eigenvalue weighted by Gasteiger charge is -2.20. The summed E-state index contributed by atoms with van der Waals surface area (Å²) in [5.74, 6) is 1.06. The van der Waals surface area contributed by atoms with Crippen LogP contribution in [0.25, 0.3) is 0 Å². The minimum absolute atomic E-state index is 0.00190. The monoisotopic (exact) mass is 401 g/mol. The van der Waals surface area contributed by atoms with Gasteiger partial charge in [0.1, 0.15) is 0 Å². The van der Waals surface area contributed by atoms with Crippen LogP contribution in [0.2, 0.25) is 0 Å². The van der Waals surface area contributed by atoms with Gasteiger partial charge in [0.25, 0.3) is 5.91 Å². The maximum absolute atomic E-state index is 12.1. The van der Waals surface area contributed by atoms with Crippen molar-refractivity contribution in [1.82, 2.24) is 20.4 Å². The van der Waals surface area contributed by atoms with Crippen molar-refractivity contribution in [2.45, 2.75) is 45.6 Å². The molecule has 0 aromatic heterocycles. The molecule has 160 valence electrons. The fourth-order valence-corrected chi connectivity index (χ4v) is 3.27. The Morgan fingerprint density at radius 2 is 1.90 bits per heavy atom. The largest absolute Gasteiger partial charge is 0.357 e. The molecule has 1 fully saturated rings. The van der Waals surface area contributed by atoms with Gasteiger partial charge in [-0.25, -0.2) is 4.99 Å². The summed E-state index contributed by atoms with van der Waals surface area (Å²) in [5.41, 5.74) is 1.73. The van der Waals surface area contributed by atoms with E-state index >= 15 is 0 Å². The highest BCUT2D eigenvalue weighted by Gasteiger charge is 2.15. The minimum atomic E-state index is -0.00190. The molecule has 0 saturated carbocycles. The topological polar surface area (TPSA) is 77.0 Å². The van der Waals surface area contributed by atoms with E-state index in [4.69, 9.17) is 0 Å². The highest BCUT2D eigenvalue weighted by molar-refractivity contribution is 5.93. The van der Waals surface area contributed by atoms with E-state index in [0.29, 0.717) is 24.4 Å². The third kappa shape index (κ3) is 7.75. The Labute approximate surface area is 174 Å². The first kappa shape index (κ1) is 22.7. The lowest BCUT2D eigenvalue weighted by atomic mass is 10.1. The Hall–Kier alpha value is -2.57. The number of rotatable bonds is 8. The van der Waals surface area contributed by atoms with Crippen molar-refractivity contribution in [2.24, 2.45) is 4.99 Å². The first-order chi connectivity index (χ1) is 14.0. The van der Waals surface area contributed by atoms with E-state index in [9.17, 15) is 9.59 Å². The highest BCUT2D eigenvalue weighted by atomic mass is 16.2. The quantitative estimate of drug-likeness (QED) is 0.398. The molecule has 0 spiro atoms. The summed E-state index contributed by atoms with van der Waals surface area (Å²) in [6.45, 7) is 5.82. The zero-order valence-corrected chi connectivity index (χ0v) is 18.0. The van der Waals surface area contributed by atoms with Crippen molar-refractivity contribution in [2.75, 3.05) is 40.3 Å². The fourth-order valence-electron chi connectivity index (χ4n) is 3.27. The van der Waals surface area contributed by atoms with Crippen LogP contribution in [0.4, 0.5) is 0 Å². The molecule has 1 aromatic rings. The Bertz CT molecular complexity index is 685. The van der Waals surface area contributed by atoms with E-state index in [1.54, 1.807) is 19.0 Å². The van der Waals surface area contributed by atoms with Crippen molar-refractivity contribution < 1.29 is 9.59 Å². The standard InChI is InChI=1S/C22H35N5O2/c1-4-23-22(24-14-8-16-27-15-7-5-6-9-20(27)28)25-17-18-10-12-19(13-11-18)21(29)26(2)3/h10-13H,4-9,14-17H2,1-3H3,(H2,23,24,25). The summed E-state index contributed by atoms with van der Waals surface area (Å²) in [4.78, 5) is 32.2. The number of amides is 2. The SMILES string of the molecule is CCNC(=NCc1ccc(C(=O)N(C)C)cc1)NCCCN1CCCCCC1=O. The molecule has 1 aliphatic heterocycles. The number of aliphatic imine (C=N–C) groups is 1. The molecule has 0 aliphatic carbocycles. The summed E-state index contributed by atoms with van der Waals surface area (Å²) in [7, 11) is 3.50. The number of carbonyl (C=O) groups excluding carboxylic acids is 2. The van der Waals surface area contributed by atoms with Gasteiger partial charge in [0.2, 0.25) is 5.91 Å². The van der Waals surface area contributed by atoms with Gasteiger partial charge in [0.15, 0.2) is 5.96 Å². The minimum Gasteiger partial charge on any atom is -0.357 e. The number of nitrogens with zero attached hydrogens (tertiary/aromatic N) is 3. The number of hydrogen-bond donors (Lipinski definition) is 2. The van der Waals surface area contributed by atoms with Gasteiger partial charge in [0, 0.05) is 52.3 Å². The predicted octanol–water partition coefficient (Wildman–Crippen LogP) is 2.24. The Morgan fingerprint density at radius 1 is 1.14 bits per heavy atom. The molecule has 2 amide bonds. The predicted molar refractivity (Wildman–Crippen MR) is 117 cm³/mol. The fraction of sp³-hybridized carbons (Fsp3) is 0.591. The normalized spacial score (nSPS) is 15.1. The molecule has 1 heterocycles. The molecular formula is C22H35N5O2. The van der Waals surface area contributed by atoms with Crippen LogP contribution in [-0.4, -0.2) is 67.8 Å². The smallest absolute Gasteiger partial charge is 0.253 e. The molecule has 2 rings (SSSR count). The van der Waals surface area contributed by atoms with Crippen molar-refractivity contribution >= 4 is 17.8 Å². The van der Waals surface area contributed by atoms with Crippen molar-refractivity contribution in [3.05, 3.63) is 35.4 Å². The zero-order chi connectivity index (χ0) is 21.1. The molecule has 1 aliphatic rings. The number of hydrogen-bond acceptors (Lipinski definition) is 3. The molecule has 1 aromatic carbocycles. The Balaban J connectivity index is 1.81. The van der Waals surface area contributed by atoms with Gasteiger partial charge in [-0.1, -0.05) is 18.6 Å². The molecule has 0 unspecified atom stereocenters. The number of likely N-dealkylation sites (tertiary alicyclic amines) is 1. The third-order valence-electron chi connectivity index (χ3n) is 4.94. The van der Waals surface area contributed by atoms with Gasteiger partial charge in [-0.2, -0.15) is 0 Å². The lowest BCUT2D eigenvalue weighted by molar-refractivity contribution is -0.130. The molecule has 1 saturated heterocycles. The van der Waals surface area contributed by atoms with E-state index in [1.807, 2.05) is 36.1 Å². The molecule has 29 heavy (non-hydrogen) atoms. The number of nitrogens with one attached hydrogen (secondary N) is 2. The molecule has 0 atom stereocenters. The summed E-state index contributed by atoms with van der Waals surface area (Å²) >= 11 is 0. The van der Waals surface area contributed by atoms with Gasteiger partial charge in [-0.05, 0) is 43.9 Å². The zero-order valence-electron chi connectivity index (χ0n) is 18.0. The van der Waals surface area contributed by atoms with Gasteiger partial charge < -0.3 is 20.4 Å². The van der Waals surface area contributed by atoms with Crippen LogP contribution < -0.4 is 10.6 Å². The molecule has 7 heteroatoms. The average molecular weight is 402 g/mol. The van der Waals surface area contributed by atoms with E-state index in [2.05, 4.69) is 15.6 Å². The van der Waals surface area contributed by atoms with Crippen LogP contribution in [0.1, 0.15) is 54.9 Å². The van der Waals surface area contributed by atoms with E-state index in [1.165, 1.54) is 0 Å². The van der Waals surface area contributed by atoms with E-state index in [0.717, 1.165) is 63.4 Å². The van der Waals surface area contributed by atoms with Crippen LogP contribution in [0.5, 0.6) is 0 Å². The van der Waals surface area contributed by atoms with Crippen molar-refractivity contribution in [3.8, 4) is 0 Å². The first-order valence-corrected chi connectivity index (χ1v) is 10.6. The second-order valence-corrected chi connectivity index (χ2v) is 7.56. The van der Waals surface area contributed by atoms with Crippen LogP contribution in [0, 0.1) is 0 Å². The maximum atomic E-state index is 12.1. The second kappa shape index (κ2) is 12.1. The van der Waals surface area contributed by atoms with Crippen LogP contribution in [0.15, 0.2) is 29.3 Å². The maximum Gasteiger partial charge on any atom is 0.253 e.